The van der Waals surface area contributed by atoms with Gasteiger partial charge in [-0.25, -0.2) is 10.2 Å². The third kappa shape index (κ3) is 2.92. The minimum atomic E-state index is -1.14. The predicted molar refractivity (Wildman–Crippen MR) is 53.4 cm³/mol. The number of nitrogens with one attached hydrogen (secondary N) is 1. The fourth-order valence-corrected chi connectivity index (χ4v) is 1.05. The molecule has 5 heteroatoms. The molecule has 0 saturated carbocycles. The highest BCUT2D eigenvalue weighted by molar-refractivity contribution is 5.84. The van der Waals surface area contributed by atoms with E-state index in [0.29, 0.717) is 0 Å². The zero-order valence-corrected chi connectivity index (χ0v) is 8.58. The molecule has 0 aliphatic heterocycles. The van der Waals surface area contributed by atoms with Gasteiger partial charge in [0.15, 0.2) is 5.60 Å². The highest BCUT2D eigenvalue weighted by Gasteiger charge is 2.29. The van der Waals surface area contributed by atoms with E-state index in [1.807, 2.05) is 5.43 Å². The number of ether oxygens (including phenoxy) is 1. The second kappa shape index (κ2) is 4.27. The molecule has 0 atom stereocenters. The van der Waals surface area contributed by atoms with Crippen LogP contribution in [0.5, 0.6) is 5.75 Å². The molecule has 15 heavy (non-hydrogen) atoms. The second-order valence-electron chi connectivity index (χ2n) is 3.54. The number of rotatable bonds is 3. The predicted octanol–water partition coefficient (Wildman–Crippen LogP) is 0.973. The molecule has 82 valence electrons. The van der Waals surface area contributed by atoms with E-state index in [4.69, 9.17) is 10.6 Å². The zero-order valence-electron chi connectivity index (χ0n) is 8.58. The average Bonchev–Trinajstić information content (AvgIpc) is 2.15. The van der Waals surface area contributed by atoms with Crippen LogP contribution >= 0.6 is 0 Å². The Hall–Kier alpha value is -1.62. The summed E-state index contributed by atoms with van der Waals surface area (Å²) in [5.41, 5.74) is 0.846. The lowest BCUT2D eigenvalue weighted by Crippen LogP contribution is -2.49. The van der Waals surface area contributed by atoms with Gasteiger partial charge in [-0.1, -0.05) is 6.07 Å². The fourth-order valence-electron chi connectivity index (χ4n) is 1.05. The third-order valence-electron chi connectivity index (χ3n) is 1.85. The van der Waals surface area contributed by atoms with E-state index in [-0.39, 0.29) is 5.75 Å². The summed E-state index contributed by atoms with van der Waals surface area (Å²) in [4.78, 5) is 11.3. The normalized spacial score (nSPS) is 10.9. The topological polar surface area (TPSA) is 64.3 Å². The van der Waals surface area contributed by atoms with E-state index in [9.17, 15) is 9.18 Å². The van der Waals surface area contributed by atoms with Crippen LogP contribution in [0.4, 0.5) is 4.39 Å². The Morgan fingerprint density at radius 3 is 2.73 bits per heavy atom. The molecule has 1 rings (SSSR count). The zero-order chi connectivity index (χ0) is 11.5. The van der Waals surface area contributed by atoms with Crippen molar-refractivity contribution in [2.75, 3.05) is 0 Å². The molecule has 1 aromatic rings. The van der Waals surface area contributed by atoms with Gasteiger partial charge < -0.3 is 4.74 Å². The van der Waals surface area contributed by atoms with Gasteiger partial charge in [-0.3, -0.25) is 10.2 Å². The van der Waals surface area contributed by atoms with Gasteiger partial charge in [0.2, 0.25) is 0 Å². The van der Waals surface area contributed by atoms with Crippen LogP contribution in [0.3, 0.4) is 0 Å². The van der Waals surface area contributed by atoms with E-state index < -0.39 is 17.3 Å². The minimum absolute atomic E-state index is 0.281. The molecular formula is C10H13FN2O2. The molecule has 4 nitrogen and oxygen atoms in total. The Balaban J connectivity index is 2.81. The SMILES string of the molecule is CC(C)(Oc1cccc(F)c1)C(=O)NN. The van der Waals surface area contributed by atoms with E-state index >= 15 is 0 Å². The fraction of sp³-hybridized carbons (Fsp3) is 0.300. The molecular weight excluding hydrogens is 199 g/mol. The first-order chi connectivity index (χ1) is 6.95. The summed E-state index contributed by atoms with van der Waals surface area (Å²) in [6.45, 7) is 3.08. The van der Waals surface area contributed by atoms with Gasteiger partial charge in [0.05, 0.1) is 0 Å². The Morgan fingerprint density at radius 1 is 1.53 bits per heavy atom. The number of halogens is 1. The number of hydrazine groups is 1. The summed E-state index contributed by atoms with van der Waals surface area (Å²) in [7, 11) is 0. The van der Waals surface area contributed by atoms with Crippen molar-refractivity contribution in [2.24, 2.45) is 5.84 Å². The molecule has 0 heterocycles. The first kappa shape index (κ1) is 11.5. The van der Waals surface area contributed by atoms with E-state index in [1.54, 1.807) is 19.9 Å². The summed E-state index contributed by atoms with van der Waals surface area (Å²) in [5.74, 6) is 4.37. The largest absolute Gasteiger partial charge is 0.478 e. The molecule has 1 amide bonds. The van der Waals surface area contributed by atoms with E-state index in [2.05, 4.69) is 0 Å². The molecule has 0 aromatic heterocycles. The highest BCUT2D eigenvalue weighted by Crippen LogP contribution is 2.19. The molecule has 0 unspecified atom stereocenters. The number of carbonyl (C=O) groups excluding carboxylic acids is 1. The van der Waals surface area contributed by atoms with Crippen molar-refractivity contribution in [1.29, 1.82) is 0 Å². The monoisotopic (exact) mass is 212 g/mol. The summed E-state index contributed by atoms with van der Waals surface area (Å²) in [6.07, 6.45) is 0. The standard InChI is InChI=1S/C10H13FN2O2/c1-10(2,9(14)13-12)15-8-5-3-4-7(11)6-8/h3-6H,12H2,1-2H3,(H,13,14). The maximum absolute atomic E-state index is 12.8. The Morgan fingerprint density at radius 2 is 2.20 bits per heavy atom. The van der Waals surface area contributed by atoms with Crippen molar-refractivity contribution in [3.05, 3.63) is 30.1 Å². The molecule has 0 radical (unpaired) electrons. The lowest BCUT2D eigenvalue weighted by molar-refractivity contribution is -0.134. The van der Waals surface area contributed by atoms with Gasteiger partial charge in [-0.2, -0.15) is 0 Å². The number of hydrogen-bond acceptors (Lipinski definition) is 3. The number of benzene rings is 1. The molecule has 0 saturated heterocycles. The first-order valence-electron chi connectivity index (χ1n) is 4.41. The van der Waals surface area contributed by atoms with Crippen LogP contribution in [-0.4, -0.2) is 11.5 Å². The van der Waals surface area contributed by atoms with Gasteiger partial charge in [0.1, 0.15) is 11.6 Å². The van der Waals surface area contributed by atoms with Gasteiger partial charge in [-0.05, 0) is 26.0 Å². The van der Waals surface area contributed by atoms with Crippen LogP contribution < -0.4 is 16.0 Å². The van der Waals surface area contributed by atoms with Crippen molar-refractivity contribution >= 4 is 5.91 Å². The number of carbonyl (C=O) groups is 1. The summed E-state index contributed by atoms with van der Waals surface area (Å²) in [5, 5.41) is 0. The maximum Gasteiger partial charge on any atom is 0.277 e. The lowest BCUT2D eigenvalue weighted by atomic mass is 10.1. The molecule has 3 N–H and O–H groups in total. The van der Waals surface area contributed by atoms with Crippen LogP contribution in [0.1, 0.15) is 13.8 Å². The summed E-state index contributed by atoms with van der Waals surface area (Å²) >= 11 is 0. The van der Waals surface area contributed by atoms with E-state index in [1.165, 1.54) is 18.2 Å². The van der Waals surface area contributed by atoms with Crippen molar-refractivity contribution in [2.45, 2.75) is 19.4 Å². The maximum atomic E-state index is 12.8. The van der Waals surface area contributed by atoms with E-state index in [0.717, 1.165) is 0 Å². The molecule has 0 bridgehead atoms. The van der Waals surface area contributed by atoms with Crippen LogP contribution in [0, 0.1) is 5.82 Å². The highest BCUT2D eigenvalue weighted by atomic mass is 19.1. The Bertz CT molecular complexity index is 366. The van der Waals surface area contributed by atoms with Crippen LogP contribution in [-0.2, 0) is 4.79 Å². The number of amides is 1. The van der Waals surface area contributed by atoms with Crippen LogP contribution in [0.25, 0.3) is 0 Å². The summed E-state index contributed by atoms with van der Waals surface area (Å²) < 4.78 is 18.1. The number of nitrogens with two attached hydrogens (primary N) is 1. The second-order valence-corrected chi connectivity index (χ2v) is 3.54. The van der Waals surface area contributed by atoms with Crippen molar-refractivity contribution in [3.8, 4) is 5.75 Å². The summed E-state index contributed by atoms with van der Waals surface area (Å²) in [6, 6.07) is 5.56. The molecule has 0 fully saturated rings. The van der Waals surface area contributed by atoms with Gasteiger partial charge in [-0.15, -0.1) is 0 Å². The quantitative estimate of drug-likeness (QED) is 0.446. The average molecular weight is 212 g/mol. The van der Waals surface area contributed by atoms with Gasteiger partial charge >= 0.3 is 0 Å². The Kier molecular flexibility index (Phi) is 3.26. The molecule has 1 aromatic carbocycles. The Labute approximate surface area is 87.2 Å². The van der Waals surface area contributed by atoms with Crippen molar-refractivity contribution in [3.63, 3.8) is 0 Å². The molecule has 0 aliphatic carbocycles. The third-order valence-corrected chi connectivity index (χ3v) is 1.85. The number of hydrogen-bond donors (Lipinski definition) is 2. The smallest absolute Gasteiger partial charge is 0.277 e. The molecule has 0 spiro atoms. The van der Waals surface area contributed by atoms with Gasteiger partial charge in [0.25, 0.3) is 5.91 Å². The minimum Gasteiger partial charge on any atom is -0.478 e. The van der Waals surface area contributed by atoms with Crippen LogP contribution in [0.15, 0.2) is 24.3 Å². The van der Waals surface area contributed by atoms with Crippen molar-refractivity contribution in [1.82, 2.24) is 5.43 Å². The van der Waals surface area contributed by atoms with Crippen LogP contribution in [0.2, 0.25) is 0 Å². The van der Waals surface area contributed by atoms with Crippen molar-refractivity contribution < 1.29 is 13.9 Å². The lowest BCUT2D eigenvalue weighted by Gasteiger charge is -2.24. The molecule has 0 aliphatic rings. The first-order valence-corrected chi connectivity index (χ1v) is 4.41. The van der Waals surface area contributed by atoms with Gasteiger partial charge in [0, 0.05) is 6.07 Å².